The number of benzene rings is 1. The molecule has 3 rings (SSSR count). The number of pyridine rings is 1. The molecule has 0 fully saturated rings. The monoisotopic (exact) mass is 254 g/mol. The highest BCUT2D eigenvalue weighted by Gasteiger charge is 2.18. The number of furan rings is 1. The van der Waals surface area contributed by atoms with Crippen LogP contribution in [0.15, 0.2) is 53.3 Å². The first-order chi connectivity index (χ1) is 9.25. The molecule has 0 saturated heterocycles. The first kappa shape index (κ1) is 11.4. The summed E-state index contributed by atoms with van der Waals surface area (Å²) in [6, 6.07) is 10.9. The van der Waals surface area contributed by atoms with Crippen LogP contribution in [0.1, 0.15) is 11.3 Å². The molecule has 0 atom stereocenters. The fraction of sp³-hybridized carbons (Fsp3) is 0.0714. The Kier molecular flexibility index (Phi) is 2.72. The highest BCUT2D eigenvalue weighted by molar-refractivity contribution is 5.82. The standard InChI is InChI=1S/C14H10N2O3/c17-16(18)13-6-8-19-14(13)9-10-5-7-15-12-4-2-1-3-11(10)12/h1-8H,9H2. The molecule has 19 heavy (non-hydrogen) atoms. The molecule has 1 aromatic carbocycles. The highest BCUT2D eigenvalue weighted by atomic mass is 16.6. The molecule has 0 amide bonds. The Labute approximate surface area is 108 Å². The first-order valence-electron chi connectivity index (χ1n) is 5.79. The molecule has 3 aromatic rings. The summed E-state index contributed by atoms with van der Waals surface area (Å²) >= 11 is 0. The molecule has 0 spiro atoms. The lowest BCUT2D eigenvalue weighted by molar-refractivity contribution is -0.386. The van der Waals surface area contributed by atoms with Crippen molar-refractivity contribution in [3.05, 3.63) is 70.3 Å². The van der Waals surface area contributed by atoms with E-state index in [0.717, 1.165) is 16.5 Å². The number of para-hydroxylation sites is 1. The molecule has 0 radical (unpaired) electrons. The average molecular weight is 254 g/mol. The van der Waals surface area contributed by atoms with Gasteiger partial charge in [0, 0.05) is 18.0 Å². The molecule has 0 unspecified atom stereocenters. The van der Waals surface area contributed by atoms with Crippen LogP contribution < -0.4 is 0 Å². The highest BCUT2D eigenvalue weighted by Crippen LogP contribution is 2.25. The second-order valence-corrected chi connectivity index (χ2v) is 4.15. The fourth-order valence-corrected chi connectivity index (χ4v) is 2.11. The molecule has 94 valence electrons. The minimum absolute atomic E-state index is 0.0147. The quantitative estimate of drug-likeness (QED) is 0.531. The van der Waals surface area contributed by atoms with Crippen molar-refractivity contribution < 1.29 is 9.34 Å². The number of hydrogen-bond acceptors (Lipinski definition) is 4. The van der Waals surface area contributed by atoms with E-state index in [1.165, 1.54) is 12.3 Å². The average Bonchev–Trinajstić information content (AvgIpc) is 2.87. The summed E-state index contributed by atoms with van der Waals surface area (Å²) in [7, 11) is 0. The van der Waals surface area contributed by atoms with Gasteiger partial charge in [0.1, 0.15) is 0 Å². The summed E-state index contributed by atoms with van der Waals surface area (Å²) < 4.78 is 5.22. The van der Waals surface area contributed by atoms with Crippen molar-refractivity contribution in [2.24, 2.45) is 0 Å². The third-order valence-corrected chi connectivity index (χ3v) is 3.01. The van der Waals surface area contributed by atoms with Crippen LogP contribution in [0.25, 0.3) is 10.9 Å². The molecule has 0 aliphatic carbocycles. The number of nitro groups is 1. The molecule has 0 aliphatic rings. The number of fused-ring (bicyclic) bond motifs is 1. The third-order valence-electron chi connectivity index (χ3n) is 3.01. The van der Waals surface area contributed by atoms with Crippen LogP contribution in [0.3, 0.4) is 0 Å². The van der Waals surface area contributed by atoms with E-state index < -0.39 is 4.92 Å². The van der Waals surface area contributed by atoms with Crippen molar-refractivity contribution >= 4 is 16.6 Å². The van der Waals surface area contributed by atoms with Gasteiger partial charge in [-0.1, -0.05) is 18.2 Å². The van der Waals surface area contributed by atoms with Gasteiger partial charge in [0.25, 0.3) is 0 Å². The molecular formula is C14H10N2O3. The van der Waals surface area contributed by atoms with E-state index in [4.69, 9.17) is 4.42 Å². The third kappa shape index (κ3) is 2.06. The van der Waals surface area contributed by atoms with E-state index in [-0.39, 0.29) is 5.69 Å². The predicted molar refractivity (Wildman–Crippen MR) is 69.9 cm³/mol. The van der Waals surface area contributed by atoms with Gasteiger partial charge in [-0.15, -0.1) is 0 Å². The topological polar surface area (TPSA) is 69.2 Å². The lowest BCUT2D eigenvalue weighted by atomic mass is 10.0. The van der Waals surface area contributed by atoms with E-state index in [1.807, 2.05) is 30.3 Å². The number of aromatic nitrogens is 1. The zero-order chi connectivity index (χ0) is 13.2. The second kappa shape index (κ2) is 4.53. The maximum Gasteiger partial charge on any atom is 0.310 e. The Hall–Kier alpha value is -2.69. The maximum absolute atomic E-state index is 10.9. The Morgan fingerprint density at radius 3 is 2.89 bits per heavy atom. The summed E-state index contributed by atoms with van der Waals surface area (Å²) in [4.78, 5) is 14.7. The Morgan fingerprint density at radius 1 is 1.21 bits per heavy atom. The second-order valence-electron chi connectivity index (χ2n) is 4.15. The van der Waals surface area contributed by atoms with E-state index in [0.29, 0.717) is 12.2 Å². The molecule has 0 N–H and O–H groups in total. The van der Waals surface area contributed by atoms with Crippen LogP contribution in [0, 0.1) is 10.1 Å². The van der Waals surface area contributed by atoms with Gasteiger partial charge in [0.15, 0.2) is 5.76 Å². The van der Waals surface area contributed by atoms with Gasteiger partial charge in [-0.2, -0.15) is 0 Å². The van der Waals surface area contributed by atoms with Crippen molar-refractivity contribution in [2.45, 2.75) is 6.42 Å². The van der Waals surface area contributed by atoms with Crippen LogP contribution in [-0.2, 0) is 6.42 Å². The summed E-state index contributed by atoms with van der Waals surface area (Å²) in [5.74, 6) is 0.362. The molecular weight excluding hydrogens is 244 g/mol. The van der Waals surface area contributed by atoms with Crippen LogP contribution in [0.4, 0.5) is 5.69 Å². The van der Waals surface area contributed by atoms with Gasteiger partial charge in [0.2, 0.25) is 0 Å². The molecule has 2 aromatic heterocycles. The number of rotatable bonds is 3. The van der Waals surface area contributed by atoms with Crippen molar-refractivity contribution in [3.63, 3.8) is 0 Å². The lowest BCUT2D eigenvalue weighted by Gasteiger charge is -2.03. The largest absolute Gasteiger partial charge is 0.462 e. The molecule has 0 bridgehead atoms. The Morgan fingerprint density at radius 2 is 2.05 bits per heavy atom. The van der Waals surface area contributed by atoms with Crippen molar-refractivity contribution in [1.29, 1.82) is 0 Å². The van der Waals surface area contributed by atoms with E-state index in [1.54, 1.807) is 6.20 Å². The van der Waals surface area contributed by atoms with E-state index in [2.05, 4.69) is 4.98 Å². The van der Waals surface area contributed by atoms with Crippen LogP contribution in [-0.4, -0.2) is 9.91 Å². The summed E-state index contributed by atoms with van der Waals surface area (Å²) in [6.07, 6.45) is 3.43. The summed E-state index contributed by atoms with van der Waals surface area (Å²) in [5.41, 5.74) is 1.85. The Balaban J connectivity index is 2.06. The van der Waals surface area contributed by atoms with Gasteiger partial charge in [-0.25, -0.2) is 0 Å². The van der Waals surface area contributed by atoms with Gasteiger partial charge < -0.3 is 4.42 Å². The summed E-state index contributed by atoms with van der Waals surface area (Å²) in [6.45, 7) is 0. The van der Waals surface area contributed by atoms with Gasteiger partial charge in [0.05, 0.1) is 22.8 Å². The zero-order valence-corrected chi connectivity index (χ0v) is 9.95. The van der Waals surface area contributed by atoms with Gasteiger partial charge >= 0.3 is 5.69 Å². The SMILES string of the molecule is O=[N+]([O-])c1ccoc1Cc1ccnc2ccccc12. The minimum atomic E-state index is -0.428. The number of nitrogens with zero attached hydrogens (tertiary/aromatic N) is 2. The molecule has 0 aliphatic heterocycles. The fourth-order valence-electron chi connectivity index (χ4n) is 2.11. The zero-order valence-electron chi connectivity index (χ0n) is 9.95. The van der Waals surface area contributed by atoms with E-state index >= 15 is 0 Å². The molecule has 5 heteroatoms. The van der Waals surface area contributed by atoms with Gasteiger partial charge in [-0.3, -0.25) is 15.1 Å². The van der Waals surface area contributed by atoms with Crippen LogP contribution in [0.5, 0.6) is 0 Å². The van der Waals surface area contributed by atoms with Crippen LogP contribution >= 0.6 is 0 Å². The summed E-state index contributed by atoms with van der Waals surface area (Å²) in [5, 5.41) is 11.9. The number of hydrogen-bond donors (Lipinski definition) is 0. The Bertz CT molecular complexity index is 744. The smallest absolute Gasteiger partial charge is 0.310 e. The predicted octanol–water partition coefficient (Wildman–Crippen LogP) is 3.33. The maximum atomic E-state index is 10.9. The van der Waals surface area contributed by atoms with Crippen molar-refractivity contribution in [1.82, 2.24) is 4.98 Å². The lowest BCUT2D eigenvalue weighted by Crippen LogP contribution is -1.94. The van der Waals surface area contributed by atoms with Crippen molar-refractivity contribution in [3.8, 4) is 0 Å². The molecule has 5 nitrogen and oxygen atoms in total. The molecule has 2 heterocycles. The van der Waals surface area contributed by atoms with Gasteiger partial charge in [-0.05, 0) is 17.7 Å². The minimum Gasteiger partial charge on any atom is -0.462 e. The van der Waals surface area contributed by atoms with E-state index in [9.17, 15) is 10.1 Å². The van der Waals surface area contributed by atoms with Crippen LogP contribution in [0.2, 0.25) is 0 Å². The van der Waals surface area contributed by atoms with Crippen molar-refractivity contribution in [2.75, 3.05) is 0 Å². The first-order valence-corrected chi connectivity index (χ1v) is 5.79. The molecule has 0 saturated carbocycles. The normalized spacial score (nSPS) is 10.7.